The third kappa shape index (κ3) is 14.4. The number of unbranched alkanes of at least 4 members (excludes halogenated alkanes) is 2. The molecule has 6 heteroatoms. The molecule has 2 N–H and O–H groups in total. The number of carbonyl (C=O) groups is 1. The maximum atomic E-state index is 11.4. The second-order valence-corrected chi connectivity index (χ2v) is 4.75. The van der Waals surface area contributed by atoms with E-state index in [4.69, 9.17) is 0 Å². The summed E-state index contributed by atoms with van der Waals surface area (Å²) in [5, 5.41) is 3.26. The van der Waals surface area contributed by atoms with Gasteiger partial charge in [0.2, 0.25) is 0 Å². The topological polar surface area (TPSA) is 57.8 Å². The first-order valence-electron chi connectivity index (χ1n) is 7.36. The molecule has 0 radical (unpaired) electrons. The molecule has 1 aromatic rings. The molecule has 2 unspecified atom stereocenters. The summed E-state index contributed by atoms with van der Waals surface area (Å²) >= 11 is 0. The van der Waals surface area contributed by atoms with E-state index < -0.39 is 0 Å². The SMILES string of the molecule is CCCC.CCCCN[C@@H](Cc1cnc[nH]1)C(C)=O.P.P. The molecule has 0 saturated carbocycles. The molecule has 0 aliphatic heterocycles. The van der Waals surface area contributed by atoms with Crippen LogP contribution in [0.5, 0.6) is 0 Å². The van der Waals surface area contributed by atoms with Crippen molar-refractivity contribution in [2.45, 2.75) is 65.8 Å². The largest absolute Gasteiger partial charge is 0.348 e. The molecular weight excluding hydrogens is 300 g/mol. The highest BCUT2D eigenvalue weighted by molar-refractivity contribution is 6.92. The van der Waals surface area contributed by atoms with Crippen LogP contribution in [0.2, 0.25) is 0 Å². The number of Topliss-reactive ketones (excluding diaryl/α,β-unsaturated/α-hetero) is 1. The number of nitrogens with zero attached hydrogens (tertiary/aromatic N) is 1. The van der Waals surface area contributed by atoms with Crippen LogP contribution in [-0.2, 0) is 11.2 Å². The minimum Gasteiger partial charge on any atom is -0.348 e. The van der Waals surface area contributed by atoms with Crippen LogP contribution >= 0.6 is 19.8 Å². The fourth-order valence-corrected chi connectivity index (χ4v) is 1.43. The number of nitrogens with one attached hydrogen (secondary N) is 2. The molecule has 1 heterocycles. The van der Waals surface area contributed by atoms with Gasteiger partial charge in [0.05, 0.1) is 12.4 Å². The summed E-state index contributed by atoms with van der Waals surface area (Å²) < 4.78 is 0. The molecule has 0 bridgehead atoms. The molecule has 0 fully saturated rings. The standard InChI is InChI=1S/C11H19N3O.C4H10.2H3P/c1-3-4-5-13-11(9(2)15)6-10-7-12-8-14-10;1-3-4-2;;/h7-8,11,13H,3-6H2,1-2H3,(H,12,14);3-4H2,1-2H3;2*1H3/t11-;;;/m0.../s1. The fraction of sp³-hybridized carbons (Fsp3) is 0.733. The van der Waals surface area contributed by atoms with E-state index in [1.807, 2.05) is 0 Å². The lowest BCUT2D eigenvalue weighted by atomic mass is 10.1. The van der Waals surface area contributed by atoms with Gasteiger partial charge in [0.25, 0.3) is 0 Å². The van der Waals surface area contributed by atoms with Gasteiger partial charge in [0.1, 0.15) is 5.78 Å². The number of carbonyl (C=O) groups excluding carboxylic acids is 1. The molecule has 0 aliphatic carbocycles. The van der Waals surface area contributed by atoms with Crippen molar-refractivity contribution in [1.29, 1.82) is 0 Å². The van der Waals surface area contributed by atoms with E-state index in [0.29, 0.717) is 6.42 Å². The van der Waals surface area contributed by atoms with E-state index >= 15 is 0 Å². The van der Waals surface area contributed by atoms with Crippen LogP contribution in [0.25, 0.3) is 0 Å². The first kappa shape index (κ1) is 25.6. The normalized spacial score (nSPS) is 10.5. The molecule has 126 valence electrons. The van der Waals surface area contributed by atoms with Crippen molar-refractivity contribution >= 4 is 25.6 Å². The van der Waals surface area contributed by atoms with Crippen molar-refractivity contribution < 1.29 is 4.79 Å². The van der Waals surface area contributed by atoms with Crippen LogP contribution in [-0.4, -0.2) is 28.3 Å². The summed E-state index contributed by atoms with van der Waals surface area (Å²) in [5.74, 6) is 0.181. The molecular formula is C15H35N3OP2. The predicted molar refractivity (Wildman–Crippen MR) is 102 cm³/mol. The Bertz CT molecular complexity index is 317. The summed E-state index contributed by atoms with van der Waals surface area (Å²) in [4.78, 5) is 18.3. The van der Waals surface area contributed by atoms with Crippen LogP contribution in [0.4, 0.5) is 0 Å². The number of aromatic amines is 1. The number of imidazole rings is 1. The van der Waals surface area contributed by atoms with Gasteiger partial charge in [0.15, 0.2) is 0 Å². The smallest absolute Gasteiger partial charge is 0.147 e. The lowest BCUT2D eigenvalue weighted by Gasteiger charge is -2.14. The van der Waals surface area contributed by atoms with Crippen molar-refractivity contribution in [3.05, 3.63) is 18.2 Å². The average molecular weight is 335 g/mol. The number of rotatable bonds is 8. The molecule has 0 aromatic carbocycles. The predicted octanol–water partition coefficient (Wildman–Crippen LogP) is 3.22. The maximum Gasteiger partial charge on any atom is 0.147 e. The Kier molecular flexibility index (Phi) is 21.7. The minimum atomic E-state index is -0.0861. The summed E-state index contributed by atoms with van der Waals surface area (Å²) in [6.45, 7) is 9.02. The van der Waals surface area contributed by atoms with Gasteiger partial charge < -0.3 is 10.3 Å². The van der Waals surface area contributed by atoms with Gasteiger partial charge >= 0.3 is 0 Å². The zero-order valence-corrected chi connectivity index (χ0v) is 17.1. The highest BCUT2D eigenvalue weighted by Crippen LogP contribution is 2.00. The van der Waals surface area contributed by atoms with E-state index in [1.165, 1.54) is 12.8 Å². The monoisotopic (exact) mass is 335 g/mol. The summed E-state index contributed by atoms with van der Waals surface area (Å²) in [7, 11) is 0. The van der Waals surface area contributed by atoms with Gasteiger partial charge in [-0.25, -0.2) is 4.98 Å². The minimum absolute atomic E-state index is 0. The van der Waals surface area contributed by atoms with E-state index in [0.717, 1.165) is 25.1 Å². The van der Waals surface area contributed by atoms with Gasteiger partial charge in [0, 0.05) is 18.3 Å². The first-order chi connectivity index (χ1) is 9.15. The molecule has 0 saturated heterocycles. The molecule has 0 spiro atoms. The Hall–Kier alpha value is -0.300. The first-order valence-corrected chi connectivity index (χ1v) is 7.36. The van der Waals surface area contributed by atoms with Crippen molar-refractivity contribution in [3.8, 4) is 0 Å². The van der Waals surface area contributed by atoms with Gasteiger partial charge in [-0.1, -0.05) is 40.0 Å². The third-order valence-electron chi connectivity index (χ3n) is 2.89. The number of aromatic nitrogens is 2. The van der Waals surface area contributed by atoms with Gasteiger partial charge in [-0.15, -0.1) is 0 Å². The van der Waals surface area contributed by atoms with Crippen LogP contribution in [0.15, 0.2) is 12.5 Å². The van der Waals surface area contributed by atoms with Crippen molar-refractivity contribution in [1.82, 2.24) is 15.3 Å². The van der Waals surface area contributed by atoms with E-state index in [-0.39, 0.29) is 31.6 Å². The fourth-order valence-electron chi connectivity index (χ4n) is 1.43. The van der Waals surface area contributed by atoms with Crippen LogP contribution < -0.4 is 5.32 Å². The third-order valence-corrected chi connectivity index (χ3v) is 2.89. The van der Waals surface area contributed by atoms with Crippen LogP contribution in [0.3, 0.4) is 0 Å². The zero-order valence-electron chi connectivity index (χ0n) is 14.2. The molecule has 0 amide bonds. The van der Waals surface area contributed by atoms with E-state index in [2.05, 4.69) is 36.1 Å². The molecule has 4 nitrogen and oxygen atoms in total. The van der Waals surface area contributed by atoms with Crippen molar-refractivity contribution in [2.24, 2.45) is 0 Å². The Morgan fingerprint density at radius 1 is 1.24 bits per heavy atom. The Morgan fingerprint density at radius 2 is 1.86 bits per heavy atom. The van der Waals surface area contributed by atoms with E-state index in [9.17, 15) is 4.79 Å². The average Bonchev–Trinajstić information content (AvgIpc) is 2.91. The summed E-state index contributed by atoms with van der Waals surface area (Å²) in [6, 6.07) is -0.0861. The van der Waals surface area contributed by atoms with Gasteiger partial charge in [-0.3, -0.25) is 4.79 Å². The second kappa shape index (κ2) is 17.8. The molecule has 1 rings (SSSR count). The quantitative estimate of drug-likeness (QED) is 0.566. The number of hydrogen-bond acceptors (Lipinski definition) is 3. The van der Waals surface area contributed by atoms with Crippen molar-refractivity contribution in [2.75, 3.05) is 6.54 Å². The van der Waals surface area contributed by atoms with Crippen LogP contribution in [0.1, 0.15) is 59.1 Å². The van der Waals surface area contributed by atoms with Gasteiger partial charge in [-0.05, 0) is 19.9 Å². The van der Waals surface area contributed by atoms with Crippen molar-refractivity contribution in [3.63, 3.8) is 0 Å². The Balaban J connectivity index is -0.000000482. The van der Waals surface area contributed by atoms with Crippen LogP contribution in [0, 0.1) is 0 Å². The number of hydrogen-bond donors (Lipinski definition) is 2. The second-order valence-electron chi connectivity index (χ2n) is 4.75. The molecule has 21 heavy (non-hydrogen) atoms. The van der Waals surface area contributed by atoms with Gasteiger partial charge in [-0.2, -0.15) is 19.8 Å². The molecule has 3 atom stereocenters. The number of H-pyrrole nitrogens is 1. The number of ketones is 1. The Labute approximate surface area is 136 Å². The molecule has 1 aromatic heterocycles. The Morgan fingerprint density at radius 3 is 2.24 bits per heavy atom. The summed E-state index contributed by atoms with van der Waals surface area (Å²) in [5.41, 5.74) is 0.999. The van der Waals surface area contributed by atoms with E-state index in [1.54, 1.807) is 19.4 Å². The zero-order chi connectivity index (χ0) is 14.5. The lowest BCUT2D eigenvalue weighted by Crippen LogP contribution is -2.37. The highest BCUT2D eigenvalue weighted by Gasteiger charge is 2.14. The molecule has 0 aliphatic rings. The summed E-state index contributed by atoms with van der Waals surface area (Å²) in [6.07, 6.45) is 8.98. The highest BCUT2D eigenvalue weighted by atomic mass is 31.0. The maximum absolute atomic E-state index is 11.4. The lowest BCUT2D eigenvalue weighted by molar-refractivity contribution is -0.119.